The van der Waals surface area contributed by atoms with Gasteiger partial charge in [0.05, 0.1) is 6.10 Å². The van der Waals surface area contributed by atoms with E-state index in [4.69, 9.17) is 5.11 Å². The number of amides is 1. The Hall–Kier alpha value is -1.55. The van der Waals surface area contributed by atoms with Crippen LogP contribution in [0.15, 0.2) is 30.3 Å². The van der Waals surface area contributed by atoms with E-state index in [0.717, 1.165) is 10.5 Å². The number of benzene rings is 1. The maximum absolute atomic E-state index is 10.5. The van der Waals surface area contributed by atoms with Gasteiger partial charge in [-0.2, -0.15) is 0 Å². The summed E-state index contributed by atoms with van der Waals surface area (Å²) in [5.41, 5.74) is 0.816. The summed E-state index contributed by atoms with van der Waals surface area (Å²) in [6, 6.07) is 9.22. The molecule has 0 aliphatic rings. The molecule has 0 aliphatic heterocycles. The highest BCUT2D eigenvalue weighted by atomic mass is 16.4. The topological polar surface area (TPSA) is 60.8 Å². The van der Waals surface area contributed by atoms with Gasteiger partial charge in [-0.25, -0.2) is 4.79 Å². The first-order valence-electron chi connectivity index (χ1n) is 4.78. The van der Waals surface area contributed by atoms with Crippen molar-refractivity contribution in [2.75, 3.05) is 13.6 Å². The highest BCUT2D eigenvalue weighted by molar-refractivity contribution is 5.64. The van der Waals surface area contributed by atoms with Crippen LogP contribution in [-0.2, 0) is 0 Å². The minimum absolute atomic E-state index is 0.325. The molecule has 0 heterocycles. The predicted molar refractivity (Wildman–Crippen MR) is 56.7 cm³/mol. The monoisotopic (exact) mass is 209 g/mol. The number of aliphatic hydroxyl groups excluding tert-OH is 1. The summed E-state index contributed by atoms with van der Waals surface area (Å²) < 4.78 is 0. The zero-order valence-corrected chi connectivity index (χ0v) is 8.63. The van der Waals surface area contributed by atoms with Crippen LogP contribution in [0.25, 0.3) is 0 Å². The van der Waals surface area contributed by atoms with Gasteiger partial charge in [0.2, 0.25) is 0 Å². The lowest BCUT2D eigenvalue weighted by Gasteiger charge is -2.16. The molecule has 1 atom stereocenters. The van der Waals surface area contributed by atoms with Gasteiger partial charge in [-0.1, -0.05) is 30.3 Å². The summed E-state index contributed by atoms with van der Waals surface area (Å²) in [6.07, 6.45) is -1.17. The Labute approximate surface area is 88.8 Å². The second-order valence-electron chi connectivity index (χ2n) is 3.42. The van der Waals surface area contributed by atoms with Crippen molar-refractivity contribution in [3.05, 3.63) is 35.9 Å². The molecule has 2 N–H and O–H groups in total. The van der Waals surface area contributed by atoms with Crippen molar-refractivity contribution >= 4 is 6.09 Å². The molecule has 1 amide bonds. The van der Waals surface area contributed by atoms with E-state index in [1.807, 2.05) is 30.3 Å². The highest BCUT2D eigenvalue weighted by Gasteiger charge is 2.10. The van der Waals surface area contributed by atoms with Gasteiger partial charge >= 0.3 is 6.09 Å². The molecule has 0 spiro atoms. The summed E-state index contributed by atoms with van der Waals surface area (Å²) in [5.74, 6) is 0. The summed E-state index contributed by atoms with van der Waals surface area (Å²) in [4.78, 5) is 11.7. The van der Waals surface area contributed by atoms with Crippen LogP contribution in [0.4, 0.5) is 4.79 Å². The third kappa shape index (κ3) is 3.59. The molecule has 0 saturated heterocycles. The molecule has 15 heavy (non-hydrogen) atoms. The molecule has 0 aliphatic carbocycles. The van der Waals surface area contributed by atoms with Crippen LogP contribution in [0, 0.1) is 0 Å². The Balaban J connectivity index is 2.43. The van der Waals surface area contributed by atoms with E-state index in [9.17, 15) is 9.90 Å². The lowest BCUT2D eigenvalue weighted by molar-refractivity contribution is 0.131. The fraction of sp³-hybridized carbons (Fsp3) is 0.364. The number of nitrogens with zero attached hydrogens (tertiary/aromatic N) is 1. The Morgan fingerprint density at radius 1 is 1.40 bits per heavy atom. The first-order valence-corrected chi connectivity index (χ1v) is 4.78. The minimum atomic E-state index is -0.977. The van der Waals surface area contributed by atoms with Gasteiger partial charge in [0.1, 0.15) is 0 Å². The molecule has 1 aromatic carbocycles. The number of aliphatic hydroxyl groups is 1. The van der Waals surface area contributed by atoms with Gasteiger partial charge in [0.15, 0.2) is 0 Å². The predicted octanol–water partition coefficient (Wildman–Crippen LogP) is 1.72. The van der Waals surface area contributed by atoms with Gasteiger partial charge in [-0.15, -0.1) is 0 Å². The van der Waals surface area contributed by atoms with Gasteiger partial charge < -0.3 is 15.1 Å². The average Bonchev–Trinajstić information content (AvgIpc) is 2.26. The van der Waals surface area contributed by atoms with E-state index in [1.165, 1.54) is 7.05 Å². The van der Waals surface area contributed by atoms with Crippen molar-refractivity contribution < 1.29 is 15.0 Å². The smallest absolute Gasteiger partial charge is 0.407 e. The second kappa shape index (κ2) is 5.36. The zero-order chi connectivity index (χ0) is 11.3. The molecule has 4 nitrogen and oxygen atoms in total. The van der Waals surface area contributed by atoms with Crippen LogP contribution in [0.2, 0.25) is 0 Å². The van der Waals surface area contributed by atoms with Crippen molar-refractivity contribution in [3.8, 4) is 0 Å². The molecule has 82 valence electrons. The van der Waals surface area contributed by atoms with Gasteiger partial charge in [-0.05, 0) is 12.0 Å². The first-order chi connectivity index (χ1) is 7.11. The molecule has 0 radical (unpaired) electrons. The molecule has 0 fully saturated rings. The molecular weight excluding hydrogens is 194 g/mol. The lowest BCUT2D eigenvalue weighted by Crippen LogP contribution is -2.26. The number of carboxylic acid groups (broad SMARTS) is 1. The molecule has 0 unspecified atom stereocenters. The van der Waals surface area contributed by atoms with Gasteiger partial charge in [0.25, 0.3) is 0 Å². The molecular formula is C11H15NO3. The number of carbonyl (C=O) groups is 1. The van der Waals surface area contributed by atoms with Crippen molar-refractivity contribution in [2.24, 2.45) is 0 Å². The number of hydrogen-bond donors (Lipinski definition) is 2. The van der Waals surface area contributed by atoms with E-state index in [0.29, 0.717) is 13.0 Å². The van der Waals surface area contributed by atoms with E-state index in [-0.39, 0.29) is 0 Å². The Morgan fingerprint density at radius 2 is 2.00 bits per heavy atom. The van der Waals surface area contributed by atoms with Crippen LogP contribution in [0.5, 0.6) is 0 Å². The van der Waals surface area contributed by atoms with Crippen LogP contribution in [0.1, 0.15) is 18.1 Å². The van der Waals surface area contributed by atoms with E-state index in [2.05, 4.69) is 0 Å². The molecule has 0 bridgehead atoms. The van der Waals surface area contributed by atoms with E-state index in [1.54, 1.807) is 0 Å². The summed E-state index contributed by atoms with van der Waals surface area (Å²) in [5, 5.41) is 18.3. The van der Waals surface area contributed by atoms with Crippen molar-refractivity contribution in [3.63, 3.8) is 0 Å². The normalized spacial score (nSPS) is 12.1. The van der Waals surface area contributed by atoms with Crippen LogP contribution < -0.4 is 0 Å². The zero-order valence-electron chi connectivity index (χ0n) is 8.63. The first kappa shape index (κ1) is 11.5. The Kier molecular flexibility index (Phi) is 4.12. The third-order valence-electron chi connectivity index (χ3n) is 2.25. The average molecular weight is 209 g/mol. The summed E-state index contributed by atoms with van der Waals surface area (Å²) >= 11 is 0. The molecule has 4 heteroatoms. The van der Waals surface area contributed by atoms with Crippen molar-refractivity contribution in [1.82, 2.24) is 4.90 Å². The number of hydrogen-bond acceptors (Lipinski definition) is 2. The summed E-state index contributed by atoms with van der Waals surface area (Å²) in [7, 11) is 1.49. The quantitative estimate of drug-likeness (QED) is 0.793. The maximum Gasteiger partial charge on any atom is 0.407 e. The molecule has 0 saturated carbocycles. The summed E-state index contributed by atoms with van der Waals surface area (Å²) in [6.45, 7) is 0.325. The molecule has 1 rings (SSSR count). The third-order valence-corrected chi connectivity index (χ3v) is 2.25. The van der Waals surface area contributed by atoms with Crippen LogP contribution >= 0.6 is 0 Å². The SMILES string of the molecule is CN(CC[C@H](O)c1ccccc1)C(=O)O. The van der Waals surface area contributed by atoms with E-state index < -0.39 is 12.2 Å². The fourth-order valence-electron chi connectivity index (χ4n) is 1.25. The van der Waals surface area contributed by atoms with Gasteiger partial charge in [0, 0.05) is 13.6 Å². The Morgan fingerprint density at radius 3 is 2.53 bits per heavy atom. The van der Waals surface area contributed by atoms with Crippen LogP contribution in [0.3, 0.4) is 0 Å². The highest BCUT2D eigenvalue weighted by Crippen LogP contribution is 2.15. The maximum atomic E-state index is 10.5. The Bertz CT molecular complexity index is 313. The van der Waals surface area contributed by atoms with Crippen molar-refractivity contribution in [1.29, 1.82) is 0 Å². The fourth-order valence-corrected chi connectivity index (χ4v) is 1.25. The van der Waals surface area contributed by atoms with Crippen molar-refractivity contribution in [2.45, 2.75) is 12.5 Å². The standard InChI is InChI=1S/C11H15NO3/c1-12(11(14)15)8-7-10(13)9-5-3-2-4-6-9/h2-6,10,13H,7-8H2,1H3,(H,14,15)/t10-/m0/s1. The second-order valence-corrected chi connectivity index (χ2v) is 3.42. The minimum Gasteiger partial charge on any atom is -0.465 e. The number of rotatable bonds is 4. The van der Waals surface area contributed by atoms with E-state index >= 15 is 0 Å². The van der Waals surface area contributed by atoms with Crippen LogP contribution in [-0.4, -0.2) is 34.8 Å². The lowest BCUT2D eigenvalue weighted by atomic mass is 10.1. The molecule has 0 aromatic heterocycles. The largest absolute Gasteiger partial charge is 0.465 e. The molecule has 1 aromatic rings. The van der Waals surface area contributed by atoms with Gasteiger partial charge in [-0.3, -0.25) is 0 Å².